The smallest absolute Gasteiger partial charge is 0.418 e. The monoisotopic (exact) mass is 772 g/mol. The van der Waals surface area contributed by atoms with E-state index < -0.39 is 11.7 Å². The molecule has 4 heterocycles. The third-order valence-corrected chi connectivity index (χ3v) is 10.3. The van der Waals surface area contributed by atoms with Crippen LogP contribution in [-0.2, 0) is 25.8 Å². The number of hydrogen-bond acceptors (Lipinski definition) is 10. The van der Waals surface area contributed by atoms with Gasteiger partial charge >= 0.3 is 6.18 Å². The van der Waals surface area contributed by atoms with Crippen molar-refractivity contribution in [1.29, 1.82) is 0 Å². The summed E-state index contributed by atoms with van der Waals surface area (Å²) in [6.45, 7) is 3.26. The lowest BCUT2D eigenvalue weighted by atomic mass is 9.98. The molecule has 0 unspecified atom stereocenters. The maximum atomic E-state index is 15.1. The number of methoxy groups -OCH3 is 2. The number of pyridine rings is 2. The van der Waals surface area contributed by atoms with E-state index in [0.29, 0.717) is 60.2 Å². The van der Waals surface area contributed by atoms with Gasteiger partial charge in [0, 0.05) is 42.5 Å². The molecule has 0 radical (unpaired) electrons. The molecule has 14 heteroatoms. The molecule has 9 nitrogen and oxygen atoms in total. The second-order valence-electron chi connectivity index (χ2n) is 12.7. The lowest BCUT2D eigenvalue weighted by Gasteiger charge is -2.27. The molecule has 3 aromatic heterocycles. The average Bonchev–Trinajstić information content (AvgIpc) is 3.36. The predicted molar refractivity (Wildman–Crippen MR) is 206 cm³/mol. The van der Waals surface area contributed by atoms with Crippen LogP contribution in [0.3, 0.4) is 0 Å². The van der Waals surface area contributed by atoms with Gasteiger partial charge < -0.3 is 24.0 Å². The Bertz CT molecular complexity index is 2240. The first kappa shape index (κ1) is 37.1. The molecule has 0 saturated heterocycles. The van der Waals surface area contributed by atoms with E-state index in [4.69, 9.17) is 30.8 Å². The summed E-state index contributed by atoms with van der Waals surface area (Å²) < 4.78 is 62.1. The molecule has 0 saturated carbocycles. The standard InChI is InChI=1S/C40H36ClF3N6O3S/c1-24-15-33(50(20-25-5-9-28(51-2)10-6-25)21-26-7-11-29(52-3)12-8-26)48-37(35(24)40(42,43)44)31-17-32-34-38(36(31)41)53-14-13-49(39(34)47-23-46-32)22-27-16-30(54-4)19-45-18-27/h5-12,15-19,23H,13-14,20-22H2,1-4H3. The van der Waals surface area contributed by atoms with Crippen molar-refractivity contribution in [3.8, 4) is 28.5 Å². The van der Waals surface area contributed by atoms with Crippen molar-refractivity contribution >= 4 is 45.9 Å². The second kappa shape index (κ2) is 15.6. The first-order valence-corrected chi connectivity index (χ1v) is 18.6. The van der Waals surface area contributed by atoms with Crippen LogP contribution in [0, 0.1) is 6.92 Å². The fraction of sp³-hybridized carbons (Fsp3) is 0.250. The van der Waals surface area contributed by atoms with Crippen molar-refractivity contribution in [2.45, 2.75) is 37.6 Å². The van der Waals surface area contributed by atoms with E-state index in [2.05, 4.69) is 21.0 Å². The van der Waals surface area contributed by atoms with Crippen LogP contribution in [0.5, 0.6) is 17.2 Å². The molecular formula is C40H36ClF3N6O3S. The number of hydrogen-bond donors (Lipinski definition) is 0. The van der Waals surface area contributed by atoms with Crippen molar-refractivity contribution in [2.24, 2.45) is 0 Å². The number of rotatable bonds is 11. The fourth-order valence-electron chi connectivity index (χ4n) is 6.59. The van der Waals surface area contributed by atoms with Crippen molar-refractivity contribution < 1.29 is 27.4 Å². The summed E-state index contributed by atoms with van der Waals surface area (Å²) in [5, 5.41) is 0.512. The average molecular weight is 773 g/mol. The van der Waals surface area contributed by atoms with Crippen LogP contribution < -0.4 is 24.0 Å². The zero-order valence-electron chi connectivity index (χ0n) is 29.9. The van der Waals surface area contributed by atoms with Gasteiger partial charge in [-0.05, 0) is 77.9 Å². The van der Waals surface area contributed by atoms with E-state index in [1.807, 2.05) is 64.6 Å². The Morgan fingerprint density at radius 3 is 2.19 bits per heavy atom. The largest absolute Gasteiger partial charge is 0.497 e. The SMILES string of the molecule is COc1ccc(CN(Cc2ccc(OC)cc2)c2cc(C)c(C(F)(F)F)c(-c3cc4ncnc5c4c(c3Cl)OCCN5Cc3cncc(SC)c3)n2)cc1. The van der Waals surface area contributed by atoms with Crippen molar-refractivity contribution in [1.82, 2.24) is 19.9 Å². The number of ether oxygens (including phenoxy) is 3. The Morgan fingerprint density at radius 1 is 0.907 bits per heavy atom. The molecule has 0 spiro atoms. The van der Waals surface area contributed by atoms with E-state index in [1.54, 1.807) is 44.4 Å². The van der Waals surface area contributed by atoms with E-state index in [0.717, 1.165) is 21.6 Å². The van der Waals surface area contributed by atoms with Gasteiger partial charge in [-0.25, -0.2) is 15.0 Å². The molecule has 6 aromatic rings. The van der Waals surface area contributed by atoms with E-state index in [-0.39, 0.29) is 34.2 Å². The molecule has 278 valence electrons. The van der Waals surface area contributed by atoms with Gasteiger partial charge in [0.05, 0.1) is 47.9 Å². The van der Waals surface area contributed by atoms with Crippen LogP contribution in [0.25, 0.3) is 22.2 Å². The number of benzene rings is 3. The van der Waals surface area contributed by atoms with Crippen LogP contribution in [-0.4, -0.2) is 53.6 Å². The Labute approximate surface area is 320 Å². The van der Waals surface area contributed by atoms with Crippen LogP contribution in [0.2, 0.25) is 5.02 Å². The number of thioether (sulfide) groups is 1. The lowest BCUT2D eigenvalue weighted by Crippen LogP contribution is -2.27. The van der Waals surface area contributed by atoms with Crippen LogP contribution in [0.15, 0.2) is 90.3 Å². The van der Waals surface area contributed by atoms with Gasteiger partial charge in [-0.15, -0.1) is 11.8 Å². The molecule has 0 bridgehead atoms. The summed E-state index contributed by atoms with van der Waals surface area (Å²) in [7, 11) is 3.18. The zero-order chi connectivity index (χ0) is 38.0. The summed E-state index contributed by atoms with van der Waals surface area (Å²) in [5.74, 6) is 2.49. The number of nitrogens with zero attached hydrogens (tertiary/aromatic N) is 6. The number of halogens is 4. The molecule has 0 amide bonds. The molecule has 0 aliphatic carbocycles. The summed E-state index contributed by atoms with van der Waals surface area (Å²) in [6, 6.07) is 20.1. The van der Waals surface area contributed by atoms with Gasteiger partial charge in [0.25, 0.3) is 0 Å². The first-order valence-electron chi connectivity index (χ1n) is 17.0. The number of aryl methyl sites for hydroxylation is 1. The van der Waals surface area contributed by atoms with Gasteiger partial charge in [-0.1, -0.05) is 35.9 Å². The number of anilines is 2. The van der Waals surface area contributed by atoms with Gasteiger partial charge in [0.1, 0.15) is 36.1 Å². The number of aromatic nitrogens is 4. The van der Waals surface area contributed by atoms with Gasteiger partial charge in [0.2, 0.25) is 0 Å². The highest BCUT2D eigenvalue weighted by Crippen LogP contribution is 2.48. The zero-order valence-corrected chi connectivity index (χ0v) is 31.5. The summed E-state index contributed by atoms with van der Waals surface area (Å²) in [6.07, 6.45) is 2.24. The van der Waals surface area contributed by atoms with E-state index in [1.165, 1.54) is 19.3 Å². The second-order valence-corrected chi connectivity index (χ2v) is 14.0. The summed E-state index contributed by atoms with van der Waals surface area (Å²) in [5.41, 5.74) is 2.01. The maximum absolute atomic E-state index is 15.1. The highest BCUT2D eigenvalue weighted by Gasteiger charge is 2.39. The first-order chi connectivity index (χ1) is 26.1. The van der Waals surface area contributed by atoms with Crippen LogP contribution in [0.1, 0.15) is 27.8 Å². The Morgan fingerprint density at radius 2 is 1.57 bits per heavy atom. The Balaban J connectivity index is 1.36. The van der Waals surface area contributed by atoms with Gasteiger partial charge in [-0.2, -0.15) is 13.2 Å². The molecule has 0 atom stereocenters. The maximum Gasteiger partial charge on any atom is 0.418 e. The molecule has 7 rings (SSSR count). The van der Waals surface area contributed by atoms with Crippen molar-refractivity contribution in [2.75, 3.05) is 43.4 Å². The topological polar surface area (TPSA) is 85.7 Å². The number of alkyl halides is 3. The third kappa shape index (κ3) is 7.69. The molecule has 1 aliphatic rings. The molecule has 1 aliphatic heterocycles. The van der Waals surface area contributed by atoms with E-state index >= 15 is 13.2 Å². The quantitative estimate of drug-likeness (QED) is 0.119. The highest BCUT2D eigenvalue weighted by atomic mass is 35.5. The van der Waals surface area contributed by atoms with Crippen LogP contribution >= 0.6 is 23.4 Å². The Kier molecular flexibility index (Phi) is 10.7. The minimum atomic E-state index is -4.75. The highest BCUT2D eigenvalue weighted by molar-refractivity contribution is 7.98. The minimum absolute atomic E-state index is 0.00199. The van der Waals surface area contributed by atoms with Crippen molar-refractivity contribution in [3.63, 3.8) is 0 Å². The van der Waals surface area contributed by atoms with Crippen LogP contribution in [0.4, 0.5) is 24.8 Å². The summed E-state index contributed by atoms with van der Waals surface area (Å²) >= 11 is 8.71. The molecule has 3 aromatic carbocycles. The normalized spacial score (nSPS) is 12.7. The van der Waals surface area contributed by atoms with Gasteiger partial charge in [0.15, 0.2) is 5.75 Å². The van der Waals surface area contributed by atoms with E-state index in [9.17, 15) is 0 Å². The predicted octanol–water partition coefficient (Wildman–Crippen LogP) is 9.41. The third-order valence-electron chi connectivity index (χ3n) is 9.22. The Hall–Kier alpha value is -5.27. The summed E-state index contributed by atoms with van der Waals surface area (Å²) in [4.78, 5) is 23.2. The molecular weight excluding hydrogens is 737 g/mol. The fourth-order valence-corrected chi connectivity index (χ4v) is 7.32. The molecule has 0 fully saturated rings. The molecule has 0 N–H and O–H groups in total. The van der Waals surface area contributed by atoms with Crippen molar-refractivity contribution in [3.05, 3.63) is 118 Å². The van der Waals surface area contributed by atoms with Gasteiger partial charge in [-0.3, -0.25) is 4.98 Å². The lowest BCUT2D eigenvalue weighted by molar-refractivity contribution is -0.137. The minimum Gasteiger partial charge on any atom is -0.497 e. The molecule has 54 heavy (non-hydrogen) atoms.